The number of aromatic hydroxyl groups is 2. The summed E-state index contributed by atoms with van der Waals surface area (Å²) in [4.78, 5) is 0. The van der Waals surface area contributed by atoms with Crippen molar-refractivity contribution in [3.05, 3.63) is 12.1 Å². The Balaban J connectivity index is 0.000000179. The highest BCUT2D eigenvalue weighted by molar-refractivity contribution is 5.92. The van der Waals surface area contributed by atoms with Gasteiger partial charge in [0.05, 0.1) is 6.07 Å². The van der Waals surface area contributed by atoms with Crippen molar-refractivity contribution in [3.8, 4) is 28.7 Å². The zero-order valence-corrected chi connectivity index (χ0v) is 6.00. The van der Waals surface area contributed by atoms with Gasteiger partial charge in [-0.2, -0.15) is 5.26 Å². The molecule has 3 nitrogen and oxygen atoms in total. The van der Waals surface area contributed by atoms with Crippen molar-refractivity contribution in [3.63, 3.8) is 0 Å². The number of hydrogen-bond donors (Lipinski definition) is 2. The minimum Gasteiger partial charge on any atom is -0.504 e. The van der Waals surface area contributed by atoms with Gasteiger partial charge in [0.25, 0.3) is 0 Å². The standard InChI is InChI=1S/C6H4O2.C2H3N/c7-5-3-1-2-4(3)6(5)8;1-2-3/h1-2,7-8H;1H3. The van der Waals surface area contributed by atoms with Crippen LogP contribution in [0.2, 0.25) is 0 Å². The summed E-state index contributed by atoms with van der Waals surface area (Å²) in [5.74, 6) is 0.0880. The Morgan fingerprint density at radius 1 is 1.18 bits per heavy atom. The van der Waals surface area contributed by atoms with Crippen LogP contribution >= 0.6 is 0 Å². The maximum absolute atomic E-state index is 8.73. The summed E-state index contributed by atoms with van der Waals surface area (Å²) in [5, 5.41) is 24.8. The number of rotatable bonds is 0. The van der Waals surface area contributed by atoms with Gasteiger partial charge in [0.1, 0.15) is 0 Å². The number of phenolic OH excluding ortho intramolecular Hbond substituents is 2. The Morgan fingerprint density at radius 3 is 1.55 bits per heavy atom. The molecule has 56 valence electrons. The van der Waals surface area contributed by atoms with Crippen LogP contribution in [0.15, 0.2) is 12.1 Å². The number of nitriles is 1. The van der Waals surface area contributed by atoms with E-state index >= 15 is 0 Å². The number of benzene rings is 1. The molecule has 0 amide bonds. The fourth-order valence-corrected chi connectivity index (χ4v) is 0.856. The molecule has 0 unspecified atom stereocenters. The van der Waals surface area contributed by atoms with E-state index in [2.05, 4.69) is 0 Å². The van der Waals surface area contributed by atoms with E-state index in [9.17, 15) is 0 Å². The van der Waals surface area contributed by atoms with Crippen molar-refractivity contribution in [2.45, 2.75) is 6.92 Å². The second-order valence-corrected chi connectivity index (χ2v) is 2.08. The fraction of sp³-hybridized carbons (Fsp3) is 0.125. The first-order valence-electron chi connectivity index (χ1n) is 3.08. The van der Waals surface area contributed by atoms with Crippen molar-refractivity contribution in [2.75, 3.05) is 0 Å². The van der Waals surface area contributed by atoms with E-state index in [0.717, 1.165) is 11.1 Å². The number of nitrogens with zero attached hydrogens (tertiary/aromatic N) is 1. The molecule has 0 aromatic heterocycles. The molecule has 0 aromatic rings. The molecule has 0 spiro atoms. The lowest BCUT2D eigenvalue weighted by atomic mass is 9.90. The Labute approximate surface area is 64.1 Å². The maximum atomic E-state index is 8.73. The topological polar surface area (TPSA) is 64.2 Å². The molecule has 2 rings (SSSR count). The number of fused-ring (bicyclic) bond motifs is 1. The molecular formula is C8H7NO2. The van der Waals surface area contributed by atoms with E-state index < -0.39 is 0 Å². The summed E-state index contributed by atoms with van der Waals surface area (Å²) in [7, 11) is 0. The summed E-state index contributed by atoms with van der Waals surface area (Å²) in [6.07, 6.45) is 0. The Kier molecular flexibility index (Phi) is 1.69. The third-order valence-corrected chi connectivity index (χ3v) is 1.44. The molecule has 2 N–H and O–H groups in total. The molecular weight excluding hydrogens is 142 g/mol. The Morgan fingerprint density at radius 2 is 1.45 bits per heavy atom. The zero-order valence-electron chi connectivity index (χ0n) is 6.00. The summed E-state index contributed by atoms with van der Waals surface area (Å²) in [6, 6.07) is 5.29. The second kappa shape index (κ2) is 2.51. The van der Waals surface area contributed by atoms with E-state index in [1.807, 2.05) is 0 Å². The van der Waals surface area contributed by atoms with Gasteiger partial charge in [-0.3, -0.25) is 0 Å². The highest BCUT2D eigenvalue weighted by Crippen LogP contribution is 2.53. The normalized spacial score (nSPS) is 9.09. The second-order valence-electron chi connectivity index (χ2n) is 2.08. The largest absolute Gasteiger partial charge is 0.504 e. The summed E-state index contributed by atoms with van der Waals surface area (Å²) >= 11 is 0. The molecule has 0 atom stereocenters. The molecule has 3 heteroatoms. The van der Waals surface area contributed by atoms with Crippen LogP contribution in [0.1, 0.15) is 6.92 Å². The third-order valence-electron chi connectivity index (χ3n) is 1.44. The van der Waals surface area contributed by atoms with Crippen LogP contribution in [0.3, 0.4) is 0 Å². The molecule has 0 bridgehead atoms. The highest BCUT2D eigenvalue weighted by atomic mass is 16.3. The third kappa shape index (κ3) is 0.887. The first-order chi connectivity index (χ1) is 5.22. The molecule has 11 heavy (non-hydrogen) atoms. The molecule has 0 fully saturated rings. The average molecular weight is 149 g/mol. The number of phenols is 2. The lowest BCUT2D eigenvalue weighted by molar-refractivity contribution is 0.396. The average Bonchev–Trinajstić information content (AvgIpc) is 1.87. The van der Waals surface area contributed by atoms with Gasteiger partial charge in [0.2, 0.25) is 0 Å². The van der Waals surface area contributed by atoms with Crippen LogP contribution in [0.4, 0.5) is 0 Å². The smallest absolute Gasteiger partial charge is 0.166 e. The van der Waals surface area contributed by atoms with Gasteiger partial charge in [-0.1, -0.05) is 0 Å². The van der Waals surface area contributed by atoms with Gasteiger partial charge in [0, 0.05) is 18.1 Å². The molecule has 2 aliphatic rings. The van der Waals surface area contributed by atoms with Gasteiger partial charge < -0.3 is 10.2 Å². The maximum Gasteiger partial charge on any atom is 0.166 e. The van der Waals surface area contributed by atoms with Crippen LogP contribution < -0.4 is 0 Å². The molecule has 2 aliphatic carbocycles. The quantitative estimate of drug-likeness (QED) is 0.559. The van der Waals surface area contributed by atoms with Crippen LogP contribution in [0.25, 0.3) is 11.1 Å². The van der Waals surface area contributed by atoms with Crippen molar-refractivity contribution < 1.29 is 10.2 Å². The first-order valence-corrected chi connectivity index (χ1v) is 3.08. The fourth-order valence-electron chi connectivity index (χ4n) is 0.856. The minimum absolute atomic E-state index is 0.0440. The molecule has 0 saturated carbocycles. The van der Waals surface area contributed by atoms with Gasteiger partial charge in [0.15, 0.2) is 11.5 Å². The van der Waals surface area contributed by atoms with Crippen molar-refractivity contribution in [1.29, 1.82) is 5.26 Å². The zero-order chi connectivity index (χ0) is 8.43. The number of hydrogen-bond acceptors (Lipinski definition) is 3. The lowest BCUT2D eigenvalue weighted by Gasteiger charge is -2.18. The van der Waals surface area contributed by atoms with E-state index in [1.54, 1.807) is 18.2 Å². The van der Waals surface area contributed by atoms with Gasteiger partial charge in [-0.05, 0) is 12.1 Å². The van der Waals surface area contributed by atoms with Crippen LogP contribution in [-0.2, 0) is 0 Å². The Bertz CT molecular complexity index is 299. The highest BCUT2D eigenvalue weighted by Gasteiger charge is 2.24. The van der Waals surface area contributed by atoms with E-state index in [1.165, 1.54) is 6.92 Å². The summed E-state index contributed by atoms with van der Waals surface area (Å²) in [5.41, 5.74) is 1.59. The molecule has 0 radical (unpaired) electrons. The first kappa shape index (κ1) is 7.42. The summed E-state index contributed by atoms with van der Waals surface area (Å²) < 4.78 is 0. The molecule has 0 saturated heterocycles. The van der Waals surface area contributed by atoms with Gasteiger partial charge >= 0.3 is 0 Å². The lowest BCUT2D eigenvalue weighted by Crippen LogP contribution is -1.91. The van der Waals surface area contributed by atoms with Gasteiger partial charge in [-0.15, -0.1) is 0 Å². The van der Waals surface area contributed by atoms with Crippen molar-refractivity contribution in [1.82, 2.24) is 0 Å². The minimum atomic E-state index is 0.0440. The predicted molar refractivity (Wildman–Crippen MR) is 40.1 cm³/mol. The molecule has 0 aromatic carbocycles. The van der Waals surface area contributed by atoms with Gasteiger partial charge in [-0.25, -0.2) is 0 Å². The Hall–Kier alpha value is -1.69. The van der Waals surface area contributed by atoms with Crippen molar-refractivity contribution >= 4 is 0 Å². The van der Waals surface area contributed by atoms with Crippen LogP contribution in [-0.4, -0.2) is 10.2 Å². The van der Waals surface area contributed by atoms with E-state index in [4.69, 9.17) is 15.5 Å². The molecule has 0 aliphatic heterocycles. The summed E-state index contributed by atoms with van der Waals surface area (Å²) in [6.45, 7) is 1.43. The van der Waals surface area contributed by atoms with Crippen LogP contribution in [0.5, 0.6) is 11.5 Å². The molecule has 0 heterocycles. The van der Waals surface area contributed by atoms with E-state index in [0.29, 0.717) is 0 Å². The predicted octanol–water partition coefficient (Wildman–Crippen LogP) is 1.61. The van der Waals surface area contributed by atoms with Crippen LogP contribution in [0, 0.1) is 11.3 Å². The SMILES string of the molecule is CC#N.Oc1c2ccc-2c1O. The monoisotopic (exact) mass is 149 g/mol. The van der Waals surface area contributed by atoms with E-state index in [-0.39, 0.29) is 11.5 Å². The van der Waals surface area contributed by atoms with Crippen molar-refractivity contribution in [2.24, 2.45) is 0 Å².